The molecule has 0 unspecified atom stereocenters. The topological polar surface area (TPSA) is 0 Å². The van der Waals surface area contributed by atoms with Crippen molar-refractivity contribution in [2.24, 2.45) is 11.8 Å². The quantitative estimate of drug-likeness (QED) is 0.583. The minimum absolute atomic E-state index is 0.269. The molecule has 0 aromatic heterocycles. The maximum Gasteiger partial charge on any atom is 0.241 e. The van der Waals surface area contributed by atoms with Crippen molar-refractivity contribution in [2.75, 3.05) is 0 Å². The molecule has 1 saturated carbocycles. The lowest BCUT2D eigenvalue weighted by molar-refractivity contribution is 0.00176. The lowest BCUT2D eigenvalue weighted by atomic mass is 9.74. The van der Waals surface area contributed by atoms with Gasteiger partial charge in [0.05, 0.1) is 0 Å². The van der Waals surface area contributed by atoms with E-state index in [0.717, 1.165) is 19.3 Å². The molecule has 0 aliphatic heterocycles. The number of hydrogen-bond acceptors (Lipinski definition) is 0. The molecule has 0 aromatic rings. The van der Waals surface area contributed by atoms with Crippen molar-refractivity contribution in [3.63, 3.8) is 0 Å². The van der Waals surface area contributed by atoms with Crippen molar-refractivity contribution >= 4 is 0 Å². The molecule has 1 aliphatic rings. The average Bonchev–Trinajstić information content (AvgIpc) is 1.89. The third kappa shape index (κ3) is 3.17. The van der Waals surface area contributed by atoms with Gasteiger partial charge in [0.2, 0.25) is 6.43 Å². The minimum atomic E-state index is -2.06. The first-order valence-electron chi connectivity index (χ1n) is 4.52. The molecule has 0 saturated heterocycles. The minimum Gasteiger partial charge on any atom is -0.210 e. The molecule has 0 nitrogen and oxygen atoms in total. The first kappa shape index (κ1) is 10.9. The van der Waals surface area contributed by atoms with Crippen molar-refractivity contribution in [3.05, 3.63) is 0 Å². The second-order valence-electron chi connectivity index (χ2n) is 2.84. The van der Waals surface area contributed by atoms with Crippen molar-refractivity contribution in [3.8, 4) is 0 Å². The molecular formula is C9H18F2. The first-order chi connectivity index (χ1) is 5.24. The molecule has 0 N–H and O–H groups in total. The third-order valence-electron chi connectivity index (χ3n) is 2.21. The molecule has 0 bridgehead atoms. The van der Waals surface area contributed by atoms with Crippen LogP contribution >= 0.6 is 0 Å². The van der Waals surface area contributed by atoms with E-state index in [4.69, 9.17) is 0 Å². The van der Waals surface area contributed by atoms with Gasteiger partial charge in [-0.3, -0.25) is 0 Å². The van der Waals surface area contributed by atoms with E-state index in [1.54, 1.807) is 0 Å². The molecule has 68 valence electrons. The standard InChI is InChI=1S/C7H12F2.C2H6/c1-2-5-3-6(4-5)7(8)9;1-2/h5-7H,2-4H2,1H3;1-2H3. The van der Waals surface area contributed by atoms with Crippen LogP contribution in [0.3, 0.4) is 0 Å². The van der Waals surface area contributed by atoms with Crippen LogP contribution in [0, 0.1) is 11.8 Å². The van der Waals surface area contributed by atoms with Crippen LogP contribution in [-0.2, 0) is 0 Å². The highest BCUT2D eigenvalue weighted by molar-refractivity contribution is 4.79. The van der Waals surface area contributed by atoms with Crippen LogP contribution in [0.2, 0.25) is 0 Å². The lowest BCUT2D eigenvalue weighted by Crippen LogP contribution is -2.28. The maximum atomic E-state index is 11.8. The van der Waals surface area contributed by atoms with E-state index in [0.29, 0.717) is 5.92 Å². The second kappa shape index (κ2) is 5.50. The Kier molecular flexibility index (Phi) is 5.43. The Hall–Kier alpha value is -0.140. The number of rotatable bonds is 2. The van der Waals surface area contributed by atoms with Gasteiger partial charge in [0.15, 0.2) is 0 Å². The monoisotopic (exact) mass is 164 g/mol. The van der Waals surface area contributed by atoms with E-state index in [9.17, 15) is 8.78 Å². The van der Waals surface area contributed by atoms with Crippen molar-refractivity contribution < 1.29 is 8.78 Å². The van der Waals surface area contributed by atoms with Gasteiger partial charge >= 0.3 is 0 Å². The van der Waals surface area contributed by atoms with Gasteiger partial charge in [0, 0.05) is 5.92 Å². The molecule has 0 spiro atoms. The Labute approximate surface area is 68.0 Å². The summed E-state index contributed by atoms with van der Waals surface area (Å²) in [4.78, 5) is 0. The van der Waals surface area contributed by atoms with Gasteiger partial charge in [-0.15, -0.1) is 0 Å². The molecule has 1 fully saturated rings. The summed E-state index contributed by atoms with van der Waals surface area (Å²) in [6.07, 6.45) is 0.527. The smallest absolute Gasteiger partial charge is 0.210 e. The van der Waals surface area contributed by atoms with Gasteiger partial charge in [-0.2, -0.15) is 0 Å². The Morgan fingerprint density at radius 2 is 1.73 bits per heavy atom. The second-order valence-corrected chi connectivity index (χ2v) is 2.84. The molecule has 2 heteroatoms. The van der Waals surface area contributed by atoms with Crippen LogP contribution in [0.4, 0.5) is 8.78 Å². The van der Waals surface area contributed by atoms with Gasteiger partial charge < -0.3 is 0 Å². The molecule has 0 aromatic carbocycles. The van der Waals surface area contributed by atoms with Crippen LogP contribution in [0.1, 0.15) is 40.0 Å². The number of halogens is 2. The first-order valence-corrected chi connectivity index (χ1v) is 4.52. The zero-order valence-electron chi connectivity index (χ0n) is 7.61. The van der Waals surface area contributed by atoms with Crippen LogP contribution < -0.4 is 0 Å². The van der Waals surface area contributed by atoms with Crippen LogP contribution in [0.5, 0.6) is 0 Å². The summed E-state index contributed by atoms with van der Waals surface area (Å²) in [5.74, 6) is 0.332. The maximum absolute atomic E-state index is 11.8. The molecular weight excluding hydrogens is 146 g/mol. The van der Waals surface area contributed by atoms with Gasteiger partial charge in [-0.1, -0.05) is 27.2 Å². The van der Waals surface area contributed by atoms with Crippen molar-refractivity contribution in [2.45, 2.75) is 46.5 Å². The normalized spacial score (nSPS) is 28.9. The van der Waals surface area contributed by atoms with Crippen molar-refractivity contribution in [1.29, 1.82) is 0 Å². The molecule has 0 radical (unpaired) electrons. The van der Waals surface area contributed by atoms with Crippen molar-refractivity contribution in [1.82, 2.24) is 0 Å². The lowest BCUT2D eigenvalue weighted by Gasteiger charge is -2.33. The highest BCUT2D eigenvalue weighted by atomic mass is 19.3. The summed E-state index contributed by atoms with van der Waals surface area (Å²) in [6, 6.07) is 0. The summed E-state index contributed by atoms with van der Waals surface area (Å²) < 4.78 is 23.6. The molecule has 0 heterocycles. The van der Waals surface area contributed by atoms with E-state index < -0.39 is 6.43 Å². The van der Waals surface area contributed by atoms with E-state index >= 15 is 0 Å². The Morgan fingerprint density at radius 3 is 2.00 bits per heavy atom. The van der Waals surface area contributed by atoms with E-state index in [-0.39, 0.29) is 5.92 Å². The Morgan fingerprint density at radius 1 is 1.27 bits per heavy atom. The van der Waals surface area contributed by atoms with E-state index in [2.05, 4.69) is 6.92 Å². The predicted molar refractivity (Wildman–Crippen MR) is 43.9 cm³/mol. The van der Waals surface area contributed by atoms with Crippen LogP contribution in [-0.4, -0.2) is 6.43 Å². The number of alkyl halides is 2. The fourth-order valence-corrected chi connectivity index (χ4v) is 1.33. The SMILES string of the molecule is CC.CCC1CC(C(F)F)C1. The molecule has 11 heavy (non-hydrogen) atoms. The van der Waals surface area contributed by atoms with Crippen LogP contribution in [0.25, 0.3) is 0 Å². The highest BCUT2D eigenvalue weighted by Gasteiger charge is 2.33. The molecule has 0 atom stereocenters. The summed E-state index contributed by atoms with van der Waals surface area (Å²) in [5.41, 5.74) is 0. The summed E-state index contributed by atoms with van der Waals surface area (Å²) in [7, 11) is 0. The zero-order valence-corrected chi connectivity index (χ0v) is 7.61. The predicted octanol–water partition coefficient (Wildman–Crippen LogP) is 3.71. The van der Waals surface area contributed by atoms with Crippen LogP contribution in [0.15, 0.2) is 0 Å². The molecule has 1 rings (SSSR count). The largest absolute Gasteiger partial charge is 0.241 e. The summed E-state index contributed by atoms with van der Waals surface area (Å²) >= 11 is 0. The summed E-state index contributed by atoms with van der Waals surface area (Å²) in [5, 5.41) is 0. The van der Waals surface area contributed by atoms with Gasteiger partial charge in [-0.05, 0) is 18.8 Å². The number of hydrogen-bond donors (Lipinski definition) is 0. The molecule has 0 amide bonds. The van der Waals surface area contributed by atoms with Gasteiger partial charge in [0.25, 0.3) is 0 Å². The zero-order chi connectivity index (χ0) is 8.85. The summed E-state index contributed by atoms with van der Waals surface area (Å²) in [6.45, 7) is 6.06. The Balaban J connectivity index is 0.000000461. The Bertz CT molecular complexity index is 85.6. The average molecular weight is 164 g/mol. The van der Waals surface area contributed by atoms with E-state index in [1.807, 2.05) is 13.8 Å². The van der Waals surface area contributed by atoms with Gasteiger partial charge in [0.1, 0.15) is 0 Å². The third-order valence-corrected chi connectivity index (χ3v) is 2.21. The fraction of sp³-hybridized carbons (Fsp3) is 1.00. The van der Waals surface area contributed by atoms with Gasteiger partial charge in [-0.25, -0.2) is 8.78 Å². The molecule has 1 aliphatic carbocycles. The fourth-order valence-electron chi connectivity index (χ4n) is 1.33. The highest BCUT2D eigenvalue weighted by Crippen LogP contribution is 2.39. The van der Waals surface area contributed by atoms with E-state index in [1.165, 1.54) is 0 Å².